The molecule has 0 spiro atoms. The van der Waals surface area contributed by atoms with Gasteiger partial charge in [-0.25, -0.2) is 0 Å². The highest BCUT2D eigenvalue weighted by atomic mass is 16.6. The molecule has 0 aromatic heterocycles. The summed E-state index contributed by atoms with van der Waals surface area (Å²) < 4.78 is 10.8. The van der Waals surface area contributed by atoms with Crippen LogP contribution in [-0.4, -0.2) is 59.6 Å². The highest BCUT2D eigenvalue weighted by molar-refractivity contribution is 4.86. The van der Waals surface area contributed by atoms with Crippen molar-refractivity contribution in [2.75, 3.05) is 19.8 Å². The lowest BCUT2D eigenvalue weighted by molar-refractivity contribution is -0.199. The van der Waals surface area contributed by atoms with Gasteiger partial charge in [-0.2, -0.15) is 0 Å². The first kappa shape index (κ1) is 26.6. The Labute approximate surface area is 178 Å². The standard InChI is InChI=1S/C24H46O5/c1-2-3-4-5-6-7-8-9-10-11-12-13-14-15-16-17-18-28-20-22-24(27)23(26)21(25)19-29-22/h15-16,21-27H,2-14,17-20H2,1H3/b16-15+/t21-,22+,23+,24+/m1/s1. The van der Waals surface area contributed by atoms with Gasteiger partial charge in [-0.1, -0.05) is 89.7 Å². The fraction of sp³-hybridized carbons (Fsp3) is 0.917. The molecule has 1 aliphatic heterocycles. The Balaban J connectivity index is 1.81. The number of ether oxygens (including phenoxy) is 2. The molecule has 1 heterocycles. The highest BCUT2D eigenvalue weighted by Gasteiger charge is 2.37. The number of hydrogen-bond acceptors (Lipinski definition) is 5. The predicted octanol–water partition coefficient (Wildman–Crippen LogP) is 4.52. The zero-order chi connectivity index (χ0) is 21.2. The second-order valence-electron chi connectivity index (χ2n) is 8.43. The minimum absolute atomic E-state index is 0.0329. The molecule has 0 aromatic carbocycles. The highest BCUT2D eigenvalue weighted by Crippen LogP contribution is 2.16. The molecule has 0 amide bonds. The first-order chi connectivity index (χ1) is 14.2. The van der Waals surface area contributed by atoms with Crippen LogP contribution in [0.1, 0.15) is 96.8 Å². The Morgan fingerprint density at radius 1 is 0.759 bits per heavy atom. The average molecular weight is 415 g/mol. The van der Waals surface area contributed by atoms with Crippen molar-refractivity contribution < 1.29 is 24.8 Å². The smallest absolute Gasteiger partial charge is 0.111 e. The predicted molar refractivity (Wildman–Crippen MR) is 118 cm³/mol. The van der Waals surface area contributed by atoms with E-state index in [0.717, 1.165) is 12.8 Å². The van der Waals surface area contributed by atoms with Gasteiger partial charge in [0, 0.05) is 0 Å². The van der Waals surface area contributed by atoms with E-state index in [4.69, 9.17) is 9.47 Å². The van der Waals surface area contributed by atoms with E-state index in [9.17, 15) is 15.3 Å². The molecule has 172 valence electrons. The van der Waals surface area contributed by atoms with E-state index in [1.54, 1.807) is 0 Å². The zero-order valence-electron chi connectivity index (χ0n) is 18.6. The molecule has 1 saturated heterocycles. The third-order valence-electron chi connectivity index (χ3n) is 5.71. The van der Waals surface area contributed by atoms with Gasteiger partial charge in [0.05, 0.1) is 19.8 Å². The first-order valence-electron chi connectivity index (χ1n) is 12.0. The van der Waals surface area contributed by atoms with Gasteiger partial charge in [0.2, 0.25) is 0 Å². The molecule has 1 rings (SSSR count). The fourth-order valence-electron chi connectivity index (χ4n) is 3.70. The van der Waals surface area contributed by atoms with Crippen molar-refractivity contribution in [1.82, 2.24) is 0 Å². The maximum absolute atomic E-state index is 9.82. The number of aliphatic hydroxyl groups excluding tert-OH is 3. The summed E-state index contributed by atoms with van der Waals surface area (Å²) in [6.45, 7) is 3.11. The maximum atomic E-state index is 9.82. The van der Waals surface area contributed by atoms with Crippen LogP contribution in [0.5, 0.6) is 0 Å². The molecule has 5 heteroatoms. The van der Waals surface area contributed by atoms with Crippen LogP contribution in [0.2, 0.25) is 0 Å². The van der Waals surface area contributed by atoms with Crippen molar-refractivity contribution in [3.63, 3.8) is 0 Å². The van der Waals surface area contributed by atoms with E-state index in [0.29, 0.717) is 6.61 Å². The van der Waals surface area contributed by atoms with Crippen molar-refractivity contribution in [2.45, 2.75) is 121 Å². The average Bonchev–Trinajstić information content (AvgIpc) is 2.72. The Hall–Kier alpha value is -0.460. The van der Waals surface area contributed by atoms with Gasteiger partial charge in [-0.05, 0) is 19.3 Å². The summed E-state index contributed by atoms with van der Waals surface area (Å²) in [5.74, 6) is 0. The number of hydrogen-bond donors (Lipinski definition) is 3. The van der Waals surface area contributed by atoms with Crippen LogP contribution in [0.4, 0.5) is 0 Å². The van der Waals surface area contributed by atoms with Gasteiger partial charge in [0.1, 0.15) is 24.4 Å². The lowest BCUT2D eigenvalue weighted by Crippen LogP contribution is -2.54. The normalized spacial score (nSPS) is 25.1. The number of aliphatic hydroxyl groups is 3. The van der Waals surface area contributed by atoms with Crippen LogP contribution in [-0.2, 0) is 9.47 Å². The Kier molecular flexibility index (Phi) is 16.8. The summed E-state index contributed by atoms with van der Waals surface area (Å²) in [5.41, 5.74) is 0. The summed E-state index contributed by atoms with van der Waals surface area (Å²) in [6, 6.07) is 0. The van der Waals surface area contributed by atoms with Crippen molar-refractivity contribution in [3.8, 4) is 0 Å². The SMILES string of the molecule is CCCCCCCCCCCCCC/C=C/CCOC[C@@H]1OC[C@@H](O)[C@H](O)[C@H]1O. The van der Waals surface area contributed by atoms with E-state index in [1.165, 1.54) is 77.0 Å². The van der Waals surface area contributed by atoms with E-state index in [1.807, 2.05) is 0 Å². The molecule has 0 saturated carbocycles. The van der Waals surface area contributed by atoms with E-state index >= 15 is 0 Å². The Bertz CT molecular complexity index is 387. The molecular formula is C24H46O5. The molecular weight excluding hydrogens is 368 g/mol. The summed E-state index contributed by atoms with van der Waals surface area (Å²) in [4.78, 5) is 0. The monoisotopic (exact) mass is 414 g/mol. The third kappa shape index (κ3) is 13.5. The summed E-state index contributed by atoms with van der Waals surface area (Å²) in [7, 11) is 0. The summed E-state index contributed by atoms with van der Waals surface area (Å²) in [5, 5.41) is 28.9. The second kappa shape index (κ2) is 18.3. The Morgan fingerprint density at radius 2 is 1.31 bits per heavy atom. The molecule has 5 nitrogen and oxygen atoms in total. The molecule has 1 fully saturated rings. The van der Waals surface area contributed by atoms with Crippen LogP contribution in [0.25, 0.3) is 0 Å². The van der Waals surface area contributed by atoms with E-state index < -0.39 is 24.4 Å². The third-order valence-corrected chi connectivity index (χ3v) is 5.71. The van der Waals surface area contributed by atoms with Crippen LogP contribution >= 0.6 is 0 Å². The number of rotatable bonds is 18. The quantitative estimate of drug-likeness (QED) is 0.227. The van der Waals surface area contributed by atoms with Crippen molar-refractivity contribution >= 4 is 0 Å². The number of allylic oxidation sites excluding steroid dienone is 1. The second-order valence-corrected chi connectivity index (χ2v) is 8.43. The number of unbranched alkanes of at least 4 members (excludes halogenated alkanes) is 12. The van der Waals surface area contributed by atoms with Gasteiger partial charge in [0.25, 0.3) is 0 Å². The van der Waals surface area contributed by atoms with Gasteiger partial charge in [-0.3, -0.25) is 0 Å². The minimum Gasteiger partial charge on any atom is -0.388 e. The molecule has 3 N–H and O–H groups in total. The van der Waals surface area contributed by atoms with Crippen LogP contribution in [0, 0.1) is 0 Å². The van der Waals surface area contributed by atoms with Gasteiger partial charge in [0.15, 0.2) is 0 Å². The lowest BCUT2D eigenvalue weighted by Gasteiger charge is -2.35. The molecule has 0 radical (unpaired) electrons. The molecule has 0 aromatic rings. The summed E-state index contributed by atoms with van der Waals surface area (Å²) in [6.07, 6.45) is 19.1. The van der Waals surface area contributed by atoms with Crippen LogP contribution in [0.15, 0.2) is 12.2 Å². The largest absolute Gasteiger partial charge is 0.388 e. The zero-order valence-corrected chi connectivity index (χ0v) is 18.6. The van der Waals surface area contributed by atoms with Crippen molar-refractivity contribution in [3.05, 3.63) is 12.2 Å². The Morgan fingerprint density at radius 3 is 1.93 bits per heavy atom. The molecule has 0 unspecified atom stereocenters. The molecule has 0 bridgehead atoms. The molecule has 4 atom stereocenters. The van der Waals surface area contributed by atoms with Crippen LogP contribution in [0.3, 0.4) is 0 Å². The minimum atomic E-state index is -1.16. The summed E-state index contributed by atoms with van der Waals surface area (Å²) >= 11 is 0. The van der Waals surface area contributed by atoms with Crippen molar-refractivity contribution in [1.29, 1.82) is 0 Å². The maximum Gasteiger partial charge on any atom is 0.111 e. The van der Waals surface area contributed by atoms with Crippen LogP contribution < -0.4 is 0 Å². The van der Waals surface area contributed by atoms with Crippen molar-refractivity contribution in [2.24, 2.45) is 0 Å². The van der Waals surface area contributed by atoms with E-state index in [2.05, 4.69) is 19.1 Å². The molecule has 1 aliphatic rings. The molecule has 29 heavy (non-hydrogen) atoms. The lowest BCUT2D eigenvalue weighted by atomic mass is 10.0. The van der Waals surface area contributed by atoms with Gasteiger partial charge < -0.3 is 24.8 Å². The van der Waals surface area contributed by atoms with Gasteiger partial charge in [-0.15, -0.1) is 0 Å². The topological polar surface area (TPSA) is 79.2 Å². The van der Waals surface area contributed by atoms with E-state index in [-0.39, 0.29) is 13.2 Å². The first-order valence-corrected chi connectivity index (χ1v) is 12.0. The fourth-order valence-corrected chi connectivity index (χ4v) is 3.70. The molecule has 0 aliphatic carbocycles. The van der Waals surface area contributed by atoms with Gasteiger partial charge >= 0.3 is 0 Å².